The molecule has 0 spiro atoms. The Labute approximate surface area is 241 Å². The Kier molecular flexibility index (Phi) is 8.34. The van der Waals surface area contributed by atoms with Gasteiger partial charge in [0.25, 0.3) is 0 Å². The van der Waals surface area contributed by atoms with Gasteiger partial charge in [-0.25, -0.2) is 4.98 Å². The minimum absolute atomic E-state index is 0.306. The van der Waals surface area contributed by atoms with Crippen LogP contribution in [0.5, 0.6) is 11.5 Å². The molecule has 9 heteroatoms. The van der Waals surface area contributed by atoms with Crippen LogP contribution in [0.3, 0.4) is 0 Å². The van der Waals surface area contributed by atoms with Crippen molar-refractivity contribution in [1.29, 1.82) is 0 Å². The number of piperidine rings is 1. The van der Waals surface area contributed by atoms with Crippen molar-refractivity contribution in [1.82, 2.24) is 14.9 Å². The van der Waals surface area contributed by atoms with Gasteiger partial charge in [-0.3, -0.25) is 4.90 Å². The van der Waals surface area contributed by atoms with E-state index in [1.807, 2.05) is 12.1 Å². The van der Waals surface area contributed by atoms with E-state index >= 15 is 0 Å². The van der Waals surface area contributed by atoms with Gasteiger partial charge in [0, 0.05) is 61.6 Å². The molecule has 214 valence electrons. The van der Waals surface area contributed by atoms with Crippen molar-refractivity contribution in [3.05, 3.63) is 72.3 Å². The summed E-state index contributed by atoms with van der Waals surface area (Å²) < 4.78 is 16.7. The molecule has 0 atom stereocenters. The van der Waals surface area contributed by atoms with Gasteiger partial charge in [0.05, 0.1) is 33.0 Å². The van der Waals surface area contributed by atoms with E-state index in [0.717, 1.165) is 81.2 Å². The molecule has 2 aliphatic rings. The summed E-state index contributed by atoms with van der Waals surface area (Å²) in [5, 5.41) is 8.03. The molecule has 1 aromatic heterocycles. The van der Waals surface area contributed by atoms with Crippen molar-refractivity contribution in [2.75, 3.05) is 69.1 Å². The quantitative estimate of drug-likeness (QED) is 0.286. The van der Waals surface area contributed by atoms with E-state index in [9.17, 15) is 0 Å². The molecular formula is C32H38N6O3. The van der Waals surface area contributed by atoms with Crippen molar-refractivity contribution >= 4 is 34.0 Å². The summed E-state index contributed by atoms with van der Waals surface area (Å²) >= 11 is 0. The predicted octanol–water partition coefficient (Wildman–Crippen LogP) is 5.30. The lowest BCUT2D eigenvalue weighted by atomic mass is 10.0. The summed E-state index contributed by atoms with van der Waals surface area (Å²) in [5.74, 6) is 2.61. The molecule has 2 aliphatic heterocycles. The summed E-state index contributed by atoms with van der Waals surface area (Å²) in [6.45, 7) is 6.40. The van der Waals surface area contributed by atoms with Gasteiger partial charge < -0.3 is 29.7 Å². The van der Waals surface area contributed by atoms with Crippen molar-refractivity contribution in [2.45, 2.75) is 25.4 Å². The molecule has 0 saturated carbocycles. The van der Waals surface area contributed by atoms with Gasteiger partial charge in [0.1, 0.15) is 5.82 Å². The van der Waals surface area contributed by atoms with Gasteiger partial charge in [0.15, 0.2) is 11.5 Å². The van der Waals surface area contributed by atoms with E-state index < -0.39 is 0 Å². The average Bonchev–Trinajstić information content (AvgIpc) is 3.03. The largest absolute Gasteiger partial charge is 0.493 e. The minimum Gasteiger partial charge on any atom is -0.493 e. The van der Waals surface area contributed by atoms with Crippen LogP contribution >= 0.6 is 0 Å². The number of hydrogen-bond acceptors (Lipinski definition) is 9. The number of anilines is 4. The zero-order valence-corrected chi connectivity index (χ0v) is 23.8. The Bertz CT molecular complexity index is 1440. The first-order valence-electron chi connectivity index (χ1n) is 14.3. The first-order valence-corrected chi connectivity index (χ1v) is 14.3. The van der Waals surface area contributed by atoms with Gasteiger partial charge in [-0.05, 0) is 48.7 Å². The van der Waals surface area contributed by atoms with Gasteiger partial charge in [-0.1, -0.05) is 30.3 Å². The highest BCUT2D eigenvalue weighted by Crippen LogP contribution is 2.36. The third-order valence-corrected chi connectivity index (χ3v) is 7.88. The number of benzene rings is 3. The Balaban J connectivity index is 1.21. The maximum atomic E-state index is 5.59. The summed E-state index contributed by atoms with van der Waals surface area (Å²) in [6, 6.07) is 23.3. The molecule has 0 amide bonds. The Hall–Kier alpha value is -4.08. The molecule has 3 aromatic carbocycles. The molecule has 41 heavy (non-hydrogen) atoms. The van der Waals surface area contributed by atoms with Crippen molar-refractivity contribution in [2.24, 2.45) is 0 Å². The van der Waals surface area contributed by atoms with Crippen LogP contribution in [0.4, 0.5) is 23.1 Å². The molecule has 9 nitrogen and oxygen atoms in total. The van der Waals surface area contributed by atoms with Gasteiger partial charge in [-0.2, -0.15) is 4.98 Å². The SMILES string of the molecule is COc1cc2nc(NC3CCN(Cc4ccccc4)CC3)nc(Nc3ccc(N4CCOCC4)cc3)c2cc1OC. The predicted molar refractivity (Wildman–Crippen MR) is 164 cm³/mol. The third-order valence-electron chi connectivity index (χ3n) is 7.88. The van der Waals surface area contributed by atoms with Crippen LogP contribution < -0.4 is 25.0 Å². The first kappa shape index (κ1) is 27.1. The van der Waals surface area contributed by atoms with Crippen molar-refractivity contribution in [3.8, 4) is 11.5 Å². The monoisotopic (exact) mass is 554 g/mol. The molecule has 2 N–H and O–H groups in total. The van der Waals surface area contributed by atoms with Crippen LogP contribution in [0.1, 0.15) is 18.4 Å². The van der Waals surface area contributed by atoms with Crippen LogP contribution in [0.2, 0.25) is 0 Å². The Morgan fingerprint density at radius 3 is 2.27 bits per heavy atom. The minimum atomic E-state index is 0.306. The summed E-state index contributed by atoms with van der Waals surface area (Å²) in [7, 11) is 3.28. The molecule has 0 bridgehead atoms. The summed E-state index contributed by atoms with van der Waals surface area (Å²) in [5.41, 5.74) is 4.29. The normalized spacial score (nSPS) is 16.5. The van der Waals surface area contributed by atoms with Gasteiger partial charge in [0.2, 0.25) is 5.95 Å². The first-order chi connectivity index (χ1) is 20.2. The number of likely N-dealkylation sites (tertiary alicyclic amines) is 1. The number of rotatable bonds is 9. The van der Waals surface area contributed by atoms with Crippen LogP contribution in [-0.2, 0) is 11.3 Å². The van der Waals surface area contributed by atoms with Crippen LogP contribution in [0.25, 0.3) is 10.9 Å². The third kappa shape index (κ3) is 6.47. The fraction of sp³-hybridized carbons (Fsp3) is 0.375. The number of fused-ring (bicyclic) bond motifs is 1. The number of nitrogens with one attached hydrogen (secondary N) is 2. The van der Waals surface area contributed by atoms with E-state index in [1.165, 1.54) is 11.3 Å². The number of aromatic nitrogens is 2. The van der Waals surface area contributed by atoms with Crippen molar-refractivity contribution in [3.63, 3.8) is 0 Å². The van der Waals surface area contributed by atoms with E-state index in [-0.39, 0.29) is 0 Å². The summed E-state index contributed by atoms with van der Waals surface area (Å²) in [4.78, 5) is 14.7. The smallest absolute Gasteiger partial charge is 0.225 e. The molecule has 3 heterocycles. The van der Waals surface area contributed by atoms with E-state index in [2.05, 4.69) is 75.0 Å². The standard InChI is InChI=1S/C32H38N6O3/c1-39-29-20-27-28(21-30(29)40-2)35-32(34-25-12-14-37(15-13-25)22-23-6-4-3-5-7-23)36-31(27)33-24-8-10-26(11-9-24)38-16-18-41-19-17-38/h3-11,20-21,25H,12-19,22H2,1-2H3,(H2,33,34,35,36). The highest BCUT2D eigenvalue weighted by atomic mass is 16.5. The molecule has 0 radical (unpaired) electrons. The second-order valence-corrected chi connectivity index (χ2v) is 10.6. The maximum absolute atomic E-state index is 5.59. The molecule has 0 unspecified atom stereocenters. The lowest BCUT2D eigenvalue weighted by Gasteiger charge is -2.32. The highest BCUT2D eigenvalue weighted by Gasteiger charge is 2.21. The van der Waals surface area contributed by atoms with Crippen LogP contribution in [-0.4, -0.2) is 74.5 Å². The average molecular weight is 555 g/mol. The second kappa shape index (κ2) is 12.6. The maximum Gasteiger partial charge on any atom is 0.225 e. The number of hydrogen-bond donors (Lipinski definition) is 2. The fourth-order valence-corrected chi connectivity index (χ4v) is 5.59. The molecule has 6 rings (SSSR count). The van der Waals surface area contributed by atoms with E-state index in [4.69, 9.17) is 24.2 Å². The topological polar surface area (TPSA) is 84.0 Å². The Morgan fingerprint density at radius 1 is 0.854 bits per heavy atom. The second-order valence-electron chi connectivity index (χ2n) is 10.6. The summed E-state index contributed by atoms with van der Waals surface area (Å²) in [6.07, 6.45) is 2.07. The lowest BCUT2D eigenvalue weighted by molar-refractivity contribution is 0.122. The molecular weight excluding hydrogens is 516 g/mol. The van der Waals surface area contributed by atoms with Crippen LogP contribution in [0.15, 0.2) is 66.7 Å². The number of nitrogens with zero attached hydrogens (tertiary/aromatic N) is 4. The lowest BCUT2D eigenvalue weighted by Crippen LogP contribution is -2.39. The highest BCUT2D eigenvalue weighted by molar-refractivity contribution is 5.94. The number of morpholine rings is 1. The molecule has 0 aliphatic carbocycles. The zero-order chi connectivity index (χ0) is 28.0. The van der Waals surface area contributed by atoms with Gasteiger partial charge >= 0.3 is 0 Å². The number of ether oxygens (including phenoxy) is 3. The molecule has 2 fully saturated rings. The van der Waals surface area contributed by atoms with E-state index in [0.29, 0.717) is 23.5 Å². The zero-order valence-electron chi connectivity index (χ0n) is 23.8. The van der Waals surface area contributed by atoms with Gasteiger partial charge in [-0.15, -0.1) is 0 Å². The fourth-order valence-electron chi connectivity index (χ4n) is 5.59. The van der Waals surface area contributed by atoms with E-state index in [1.54, 1.807) is 14.2 Å². The van der Waals surface area contributed by atoms with Crippen molar-refractivity contribution < 1.29 is 14.2 Å². The number of methoxy groups -OCH3 is 2. The Morgan fingerprint density at radius 2 is 1.56 bits per heavy atom. The molecule has 2 saturated heterocycles. The molecule has 4 aromatic rings. The van der Waals surface area contributed by atoms with Crippen LogP contribution in [0, 0.1) is 0 Å².